The lowest BCUT2D eigenvalue weighted by Gasteiger charge is -2.11. The normalized spacial score (nSPS) is 12.4. The van der Waals surface area contributed by atoms with Gasteiger partial charge in [-0.1, -0.05) is 6.07 Å². The Hall–Kier alpha value is -1.88. The minimum atomic E-state index is -0.703. The highest BCUT2D eigenvalue weighted by Crippen LogP contribution is 2.22. The molecular formula is C13H15FN2O2. The molecule has 5 heteroatoms. The van der Waals surface area contributed by atoms with E-state index in [9.17, 15) is 9.50 Å². The van der Waals surface area contributed by atoms with Crippen LogP contribution < -0.4 is 4.74 Å². The summed E-state index contributed by atoms with van der Waals surface area (Å²) in [6.45, 7) is 0. The van der Waals surface area contributed by atoms with Gasteiger partial charge in [0.2, 0.25) is 0 Å². The first-order valence-electron chi connectivity index (χ1n) is 5.60. The lowest BCUT2D eigenvalue weighted by atomic mass is 10.1. The number of aromatic nitrogens is 2. The zero-order valence-electron chi connectivity index (χ0n) is 10.3. The highest BCUT2D eigenvalue weighted by molar-refractivity contribution is 5.30. The minimum Gasteiger partial charge on any atom is -0.494 e. The van der Waals surface area contributed by atoms with Gasteiger partial charge in [0.05, 0.1) is 18.9 Å². The second-order valence-electron chi connectivity index (χ2n) is 4.07. The number of aliphatic hydroxyl groups is 1. The Morgan fingerprint density at radius 3 is 2.78 bits per heavy atom. The van der Waals surface area contributed by atoms with Crippen LogP contribution in [0.4, 0.5) is 4.39 Å². The Morgan fingerprint density at radius 2 is 2.22 bits per heavy atom. The summed E-state index contributed by atoms with van der Waals surface area (Å²) >= 11 is 0. The molecule has 0 fully saturated rings. The summed E-state index contributed by atoms with van der Waals surface area (Å²) < 4.78 is 19.9. The SMILES string of the molecule is COc1ccc(CC(O)c2ccnn2C)cc1F. The van der Waals surface area contributed by atoms with Crippen molar-refractivity contribution in [2.75, 3.05) is 7.11 Å². The van der Waals surface area contributed by atoms with E-state index in [0.717, 1.165) is 0 Å². The maximum absolute atomic E-state index is 13.5. The number of aliphatic hydroxyl groups excluding tert-OH is 1. The predicted octanol–water partition coefficient (Wildman–Crippen LogP) is 1.84. The molecule has 18 heavy (non-hydrogen) atoms. The van der Waals surface area contributed by atoms with E-state index in [1.807, 2.05) is 0 Å². The number of benzene rings is 1. The smallest absolute Gasteiger partial charge is 0.165 e. The lowest BCUT2D eigenvalue weighted by Crippen LogP contribution is -2.08. The van der Waals surface area contributed by atoms with Crippen molar-refractivity contribution < 1.29 is 14.2 Å². The molecule has 0 amide bonds. The molecule has 4 nitrogen and oxygen atoms in total. The van der Waals surface area contributed by atoms with Gasteiger partial charge in [-0.15, -0.1) is 0 Å². The van der Waals surface area contributed by atoms with Crippen LogP contribution in [-0.2, 0) is 13.5 Å². The Labute approximate surface area is 105 Å². The average Bonchev–Trinajstić information content (AvgIpc) is 2.76. The van der Waals surface area contributed by atoms with Crippen molar-refractivity contribution in [3.05, 3.63) is 47.5 Å². The third kappa shape index (κ3) is 2.51. The van der Waals surface area contributed by atoms with Crippen LogP contribution in [0.2, 0.25) is 0 Å². The van der Waals surface area contributed by atoms with E-state index < -0.39 is 11.9 Å². The van der Waals surface area contributed by atoms with Gasteiger partial charge >= 0.3 is 0 Å². The van der Waals surface area contributed by atoms with E-state index in [0.29, 0.717) is 17.7 Å². The minimum absolute atomic E-state index is 0.203. The fourth-order valence-electron chi connectivity index (χ4n) is 1.88. The molecule has 0 radical (unpaired) electrons. The maximum atomic E-state index is 13.5. The van der Waals surface area contributed by atoms with Crippen molar-refractivity contribution in [1.29, 1.82) is 0 Å². The van der Waals surface area contributed by atoms with Crippen LogP contribution in [0.3, 0.4) is 0 Å². The van der Waals surface area contributed by atoms with Crippen LogP contribution in [0.15, 0.2) is 30.5 Å². The molecule has 0 saturated carbocycles. The summed E-state index contributed by atoms with van der Waals surface area (Å²) in [5.74, 6) is -0.221. The fourth-order valence-corrected chi connectivity index (χ4v) is 1.88. The van der Waals surface area contributed by atoms with E-state index in [2.05, 4.69) is 5.10 Å². The molecule has 2 aromatic rings. The summed E-state index contributed by atoms with van der Waals surface area (Å²) in [5.41, 5.74) is 1.41. The second kappa shape index (κ2) is 5.18. The quantitative estimate of drug-likeness (QED) is 0.900. The zero-order valence-corrected chi connectivity index (χ0v) is 10.3. The van der Waals surface area contributed by atoms with Gasteiger partial charge in [0.15, 0.2) is 11.6 Å². The van der Waals surface area contributed by atoms with E-state index in [4.69, 9.17) is 4.74 Å². The van der Waals surface area contributed by atoms with Crippen molar-refractivity contribution in [2.45, 2.75) is 12.5 Å². The molecule has 0 aliphatic heterocycles. The van der Waals surface area contributed by atoms with Crippen molar-refractivity contribution >= 4 is 0 Å². The summed E-state index contributed by atoms with van der Waals surface area (Å²) in [6.07, 6.45) is 1.25. The molecule has 0 spiro atoms. The molecule has 1 aromatic heterocycles. The maximum Gasteiger partial charge on any atom is 0.165 e. The number of halogens is 1. The van der Waals surface area contributed by atoms with Crippen LogP contribution in [0.5, 0.6) is 5.75 Å². The largest absolute Gasteiger partial charge is 0.494 e. The van der Waals surface area contributed by atoms with Gasteiger partial charge in [-0.25, -0.2) is 4.39 Å². The second-order valence-corrected chi connectivity index (χ2v) is 4.07. The Morgan fingerprint density at radius 1 is 1.44 bits per heavy atom. The molecule has 0 aliphatic rings. The lowest BCUT2D eigenvalue weighted by molar-refractivity contribution is 0.168. The summed E-state index contributed by atoms with van der Waals surface area (Å²) in [6, 6.07) is 6.41. The molecule has 1 N–H and O–H groups in total. The number of hydrogen-bond donors (Lipinski definition) is 1. The number of nitrogens with zero attached hydrogens (tertiary/aromatic N) is 2. The van der Waals surface area contributed by atoms with Gasteiger partial charge in [-0.2, -0.15) is 5.10 Å². The third-order valence-electron chi connectivity index (χ3n) is 2.85. The molecule has 2 rings (SSSR count). The zero-order chi connectivity index (χ0) is 13.1. The Bertz CT molecular complexity index is 540. The standard InChI is InChI=1S/C13H15FN2O2/c1-16-11(5-6-15-16)12(17)8-9-3-4-13(18-2)10(14)7-9/h3-7,12,17H,8H2,1-2H3. The molecular weight excluding hydrogens is 235 g/mol. The van der Waals surface area contributed by atoms with Crippen LogP contribution in [0, 0.1) is 5.82 Å². The van der Waals surface area contributed by atoms with E-state index in [1.54, 1.807) is 36.1 Å². The molecule has 0 aliphatic carbocycles. The van der Waals surface area contributed by atoms with Gasteiger partial charge in [0.25, 0.3) is 0 Å². The van der Waals surface area contributed by atoms with Crippen LogP contribution in [0.25, 0.3) is 0 Å². The number of aryl methyl sites for hydroxylation is 1. The van der Waals surface area contributed by atoms with Gasteiger partial charge < -0.3 is 9.84 Å². The molecule has 0 bridgehead atoms. The molecule has 1 aromatic carbocycles. The highest BCUT2D eigenvalue weighted by atomic mass is 19.1. The summed E-state index contributed by atoms with van der Waals surface area (Å²) in [5, 5.41) is 14.0. The molecule has 96 valence electrons. The third-order valence-corrected chi connectivity index (χ3v) is 2.85. The molecule has 1 heterocycles. The number of rotatable bonds is 4. The van der Waals surface area contributed by atoms with E-state index in [-0.39, 0.29) is 5.75 Å². The Balaban J connectivity index is 2.15. The number of methoxy groups -OCH3 is 1. The summed E-state index contributed by atoms with van der Waals surface area (Å²) in [7, 11) is 3.18. The van der Waals surface area contributed by atoms with Gasteiger partial charge in [-0.05, 0) is 23.8 Å². The first-order valence-corrected chi connectivity index (χ1v) is 5.60. The van der Waals surface area contributed by atoms with Gasteiger partial charge in [-0.3, -0.25) is 4.68 Å². The Kier molecular flexibility index (Phi) is 3.62. The van der Waals surface area contributed by atoms with Crippen molar-refractivity contribution in [3.8, 4) is 5.75 Å². The fraction of sp³-hybridized carbons (Fsp3) is 0.308. The van der Waals surface area contributed by atoms with Crippen molar-refractivity contribution in [1.82, 2.24) is 9.78 Å². The monoisotopic (exact) mass is 250 g/mol. The average molecular weight is 250 g/mol. The van der Waals surface area contributed by atoms with Gasteiger partial charge in [0.1, 0.15) is 0 Å². The van der Waals surface area contributed by atoms with E-state index >= 15 is 0 Å². The van der Waals surface area contributed by atoms with E-state index in [1.165, 1.54) is 13.2 Å². The topological polar surface area (TPSA) is 47.3 Å². The highest BCUT2D eigenvalue weighted by Gasteiger charge is 2.13. The predicted molar refractivity (Wildman–Crippen MR) is 64.8 cm³/mol. The molecule has 1 unspecified atom stereocenters. The number of hydrogen-bond acceptors (Lipinski definition) is 3. The van der Waals surface area contributed by atoms with Crippen LogP contribution in [-0.4, -0.2) is 22.0 Å². The molecule has 0 saturated heterocycles. The van der Waals surface area contributed by atoms with Gasteiger partial charge in [0, 0.05) is 19.7 Å². The van der Waals surface area contributed by atoms with Crippen molar-refractivity contribution in [2.24, 2.45) is 7.05 Å². The molecule has 1 atom stereocenters. The first kappa shape index (κ1) is 12.6. The van der Waals surface area contributed by atoms with Crippen LogP contribution in [0.1, 0.15) is 17.4 Å². The summed E-state index contributed by atoms with van der Waals surface area (Å²) in [4.78, 5) is 0. The first-order chi connectivity index (χ1) is 8.61. The number of ether oxygens (including phenoxy) is 1. The van der Waals surface area contributed by atoms with Crippen LogP contribution >= 0.6 is 0 Å². The van der Waals surface area contributed by atoms with Crippen molar-refractivity contribution in [3.63, 3.8) is 0 Å².